The fourth-order valence-corrected chi connectivity index (χ4v) is 1.98. The molecule has 0 spiro atoms. The summed E-state index contributed by atoms with van der Waals surface area (Å²) in [5, 5.41) is 16.7. The van der Waals surface area contributed by atoms with Gasteiger partial charge in [0.05, 0.1) is 6.61 Å². The predicted octanol–water partition coefficient (Wildman–Crippen LogP) is 2.79. The van der Waals surface area contributed by atoms with Gasteiger partial charge in [0.15, 0.2) is 0 Å². The number of aliphatic carboxylic acids is 1. The molecule has 21 heavy (non-hydrogen) atoms. The van der Waals surface area contributed by atoms with Crippen molar-refractivity contribution in [2.24, 2.45) is 5.92 Å². The number of carboxylic acid groups (broad SMARTS) is 1. The van der Waals surface area contributed by atoms with E-state index >= 15 is 0 Å². The van der Waals surface area contributed by atoms with Crippen molar-refractivity contribution in [1.82, 2.24) is 10.2 Å². The second-order valence-electron chi connectivity index (χ2n) is 4.87. The number of hydrogen-bond acceptors (Lipinski definition) is 5. The maximum absolute atomic E-state index is 10.6. The molecule has 1 N–H and O–H groups in total. The molecule has 0 aliphatic heterocycles. The van der Waals surface area contributed by atoms with Gasteiger partial charge in [0.25, 0.3) is 0 Å². The van der Waals surface area contributed by atoms with E-state index in [-0.39, 0.29) is 12.3 Å². The summed E-state index contributed by atoms with van der Waals surface area (Å²) in [4.78, 5) is 10.6. The van der Waals surface area contributed by atoms with E-state index in [4.69, 9.17) is 14.3 Å². The second-order valence-corrected chi connectivity index (χ2v) is 4.87. The average Bonchev–Trinajstić information content (AvgIpc) is 2.87. The third-order valence-electron chi connectivity index (χ3n) is 2.93. The van der Waals surface area contributed by atoms with Gasteiger partial charge >= 0.3 is 5.97 Å². The first-order valence-electron chi connectivity index (χ1n) is 6.86. The van der Waals surface area contributed by atoms with Crippen LogP contribution in [-0.2, 0) is 11.2 Å². The van der Waals surface area contributed by atoms with Crippen LogP contribution in [0.5, 0.6) is 5.75 Å². The predicted molar refractivity (Wildman–Crippen MR) is 76.0 cm³/mol. The Labute approximate surface area is 122 Å². The summed E-state index contributed by atoms with van der Waals surface area (Å²) in [7, 11) is 0. The molecule has 1 atom stereocenters. The Hall–Kier alpha value is -2.37. The van der Waals surface area contributed by atoms with Crippen molar-refractivity contribution in [3.05, 3.63) is 30.2 Å². The molecule has 0 fully saturated rings. The van der Waals surface area contributed by atoms with E-state index in [1.807, 2.05) is 38.1 Å². The molecule has 112 valence electrons. The van der Waals surface area contributed by atoms with E-state index in [1.165, 1.54) is 0 Å². The van der Waals surface area contributed by atoms with E-state index in [0.717, 1.165) is 11.3 Å². The molecule has 1 heterocycles. The van der Waals surface area contributed by atoms with E-state index < -0.39 is 5.97 Å². The van der Waals surface area contributed by atoms with Crippen LogP contribution in [0.1, 0.15) is 26.2 Å². The summed E-state index contributed by atoms with van der Waals surface area (Å²) < 4.78 is 10.9. The SMILES string of the molecule is CCOc1ccc(-c2nnc(CC(C)CC(=O)O)o2)cc1. The van der Waals surface area contributed by atoms with E-state index in [2.05, 4.69) is 10.2 Å². The van der Waals surface area contributed by atoms with Gasteiger partial charge in [-0.2, -0.15) is 0 Å². The molecule has 0 bridgehead atoms. The molecule has 6 heteroatoms. The molecule has 0 aliphatic rings. The van der Waals surface area contributed by atoms with Crippen molar-refractivity contribution in [1.29, 1.82) is 0 Å². The Balaban J connectivity index is 2.03. The number of carboxylic acids is 1. The highest BCUT2D eigenvalue weighted by Crippen LogP contribution is 2.22. The zero-order valence-corrected chi connectivity index (χ0v) is 12.1. The molecule has 2 rings (SSSR count). The van der Waals surface area contributed by atoms with Gasteiger partial charge < -0.3 is 14.3 Å². The first-order chi connectivity index (χ1) is 10.1. The minimum absolute atomic E-state index is 0.0452. The number of carbonyl (C=O) groups is 1. The van der Waals surface area contributed by atoms with Crippen molar-refractivity contribution < 1.29 is 19.1 Å². The standard InChI is InChI=1S/C15H18N2O4/c1-3-20-12-6-4-11(5-7-12)15-17-16-13(21-15)8-10(2)9-14(18)19/h4-7,10H,3,8-9H2,1-2H3,(H,18,19). The van der Waals surface area contributed by atoms with Crippen LogP contribution in [0.3, 0.4) is 0 Å². The Kier molecular flexibility index (Phi) is 4.92. The zero-order chi connectivity index (χ0) is 15.2. The molecular formula is C15H18N2O4. The lowest BCUT2D eigenvalue weighted by atomic mass is 10.0. The third kappa shape index (κ3) is 4.30. The van der Waals surface area contributed by atoms with Crippen molar-refractivity contribution in [2.75, 3.05) is 6.61 Å². The normalized spacial score (nSPS) is 12.1. The zero-order valence-electron chi connectivity index (χ0n) is 12.1. The fourth-order valence-electron chi connectivity index (χ4n) is 1.98. The Morgan fingerprint density at radius 1 is 1.33 bits per heavy atom. The highest BCUT2D eigenvalue weighted by molar-refractivity contribution is 5.66. The van der Waals surface area contributed by atoms with Crippen LogP contribution in [-0.4, -0.2) is 27.9 Å². The minimum atomic E-state index is -0.825. The summed E-state index contributed by atoms with van der Waals surface area (Å²) in [6, 6.07) is 7.39. The first kappa shape index (κ1) is 15.0. The van der Waals surface area contributed by atoms with Crippen LogP contribution < -0.4 is 4.74 Å². The highest BCUT2D eigenvalue weighted by Gasteiger charge is 2.14. The maximum atomic E-state index is 10.6. The number of rotatable bonds is 7. The topological polar surface area (TPSA) is 85.5 Å². The van der Waals surface area contributed by atoms with E-state index in [1.54, 1.807) is 0 Å². The fraction of sp³-hybridized carbons (Fsp3) is 0.400. The van der Waals surface area contributed by atoms with Crippen LogP contribution in [0, 0.1) is 5.92 Å². The molecule has 0 radical (unpaired) electrons. The van der Waals surface area contributed by atoms with Crippen LogP contribution >= 0.6 is 0 Å². The third-order valence-corrected chi connectivity index (χ3v) is 2.93. The number of hydrogen-bond donors (Lipinski definition) is 1. The van der Waals surface area contributed by atoms with Gasteiger partial charge in [0.1, 0.15) is 5.75 Å². The summed E-state index contributed by atoms with van der Waals surface area (Å²) in [5.74, 6) is 0.796. The van der Waals surface area contributed by atoms with Gasteiger partial charge in [-0.05, 0) is 37.1 Å². The quantitative estimate of drug-likeness (QED) is 0.844. The van der Waals surface area contributed by atoms with Crippen LogP contribution in [0.2, 0.25) is 0 Å². The Morgan fingerprint density at radius 2 is 2.05 bits per heavy atom. The van der Waals surface area contributed by atoms with Crippen molar-refractivity contribution in [3.63, 3.8) is 0 Å². The smallest absolute Gasteiger partial charge is 0.303 e. The van der Waals surface area contributed by atoms with Gasteiger partial charge in [-0.3, -0.25) is 4.79 Å². The van der Waals surface area contributed by atoms with E-state index in [0.29, 0.717) is 24.8 Å². The Bertz CT molecular complexity index is 592. The highest BCUT2D eigenvalue weighted by atomic mass is 16.5. The van der Waals surface area contributed by atoms with Gasteiger partial charge in [0.2, 0.25) is 11.8 Å². The molecule has 0 amide bonds. The Morgan fingerprint density at radius 3 is 2.67 bits per heavy atom. The van der Waals surface area contributed by atoms with Crippen molar-refractivity contribution in [3.8, 4) is 17.2 Å². The van der Waals surface area contributed by atoms with Gasteiger partial charge in [-0.25, -0.2) is 0 Å². The molecule has 0 aliphatic carbocycles. The van der Waals surface area contributed by atoms with Gasteiger partial charge in [-0.1, -0.05) is 6.92 Å². The molecule has 1 aromatic carbocycles. The number of ether oxygens (including phenoxy) is 1. The van der Waals surface area contributed by atoms with Crippen LogP contribution in [0.25, 0.3) is 11.5 Å². The van der Waals surface area contributed by atoms with Crippen molar-refractivity contribution in [2.45, 2.75) is 26.7 Å². The van der Waals surface area contributed by atoms with Crippen LogP contribution in [0.4, 0.5) is 0 Å². The summed E-state index contributed by atoms with van der Waals surface area (Å²) in [6.07, 6.45) is 0.539. The lowest BCUT2D eigenvalue weighted by Gasteiger charge is -2.04. The molecule has 0 saturated carbocycles. The molecule has 1 unspecified atom stereocenters. The van der Waals surface area contributed by atoms with Crippen LogP contribution in [0.15, 0.2) is 28.7 Å². The molecular weight excluding hydrogens is 272 g/mol. The molecule has 6 nitrogen and oxygen atoms in total. The maximum Gasteiger partial charge on any atom is 0.303 e. The van der Waals surface area contributed by atoms with Gasteiger partial charge in [-0.15, -0.1) is 10.2 Å². The lowest BCUT2D eigenvalue weighted by molar-refractivity contribution is -0.137. The summed E-state index contributed by atoms with van der Waals surface area (Å²) in [5.41, 5.74) is 0.808. The molecule has 0 saturated heterocycles. The van der Waals surface area contributed by atoms with Gasteiger partial charge in [0, 0.05) is 18.4 Å². The summed E-state index contributed by atoms with van der Waals surface area (Å²) >= 11 is 0. The number of aromatic nitrogens is 2. The monoisotopic (exact) mass is 290 g/mol. The number of benzene rings is 1. The number of nitrogens with zero attached hydrogens (tertiary/aromatic N) is 2. The van der Waals surface area contributed by atoms with E-state index in [9.17, 15) is 4.79 Å². The van der Waals surface area contributed by atoms with Crippen molar-refractivity contribution >= 4 is 5.97 Å². The summed E-state index contributed by atoms with van der Waals surface area (Å²) in [6.45, 7) is 4.39. The molecule has 1 aromatic heterocycles. The largest absolute Gasteiger partial charge is 0.494 e. The average molecular weight is 290 g/mol. The first-order valence-corrected chi connectivity index (χ1v) is 6.86. The second kappa shape index (κ2) is 6.88. The lowest BCUT2D eigenvalue weighted by Crippen LogP contribution is -2.07. The minimum Gasteiger partial charge on any atom is -0.494 e. The molecule has 2 aromatic rings.